The molecule has 2 N–H and O–H groups in total. The van der Waals surface area contributed by atoms with Gasteiger partial charge in [-0.15, -0.1) is 0 Å². The average Bonchev–Trinajstić information content (AvgIpc) is 3.41. The molecule has 1 saturated heterocycles. The van der Waals surface area contributed by atoms with Crippen LogP contribution in [0.4, 0.5) is 11.5 Å². The number of nitrogens with one attached hydrogen (secondary N) is 2. The van der Waals surface area contributed by atoms with E-state index in [1.54, 1.807) is 12.1 Å². The molecule has 0 saturated carbocycles. The molecular formula is C30H33N7O3S. The first-order chi connectivity index (χ1) is 19.6. The van der Waals surface area contributed by atoms with E-state index in [9.17, 15) is 18.5 Å². The summed E-state index contributed by atoms with van der Waals surface area (Å²) >= 11 is 0. The van der Waals surface area contributed by atoms with E-state index in [2.05, 4.69) is 38.3 Å². The van der Waals surface area contributed by atoms with E-state index >= 15 is 0 Å². The third-order valence-electron chi connectivity index (χ3n) is 7.71. The molecular weight excluding hydrogens is 538 g/mol. The van der Waals surface area contributed by atoms with Crippen LogP contribution in [0.15, 0.2) is 54.9 Å². The van der Waals surface area contributed by atoms with Crippen LogP contribution in [0.3, 0.4) is 0 Å². The summed E-state index contributed by atoms with van der Waals surface area (Å²) in [6, 6.07) is 15.2. The number of nitriles is 1. The molecule has 0 bridgehead atoms. The van der Waals surface area contributed by atoms with E-state index in [0.29, 0.717) is 51.6 Å². The Kier molecular flexibility index (Phi) is 8.06. The number of carbonyl (C=O) groups excluding carboxylic acids is 1. The van der Waals surface area contributed by atoms with Gasteiger partial charge < -0.3 is 15.2 Å². The fraction of sp³-hybridized carbons (Fsp3) is 0.333. The van der Waals surface area contributed by atoms with Crippen LogP contribution < -0.4 is 9.62 Å². The number of H-pyrrole nitrogens is 1. The van der Waals surface area contributed by atoms with Crippen LogP contribution in [0.2, 0.25) is 0 Å². The minimum absolute atomic E-state index is 0.149. The topological polar surface area (TPSA) is 135 Å². The molecule has 5 rings (SSSR count). The van der Waals surface area contributed by atoms with E-state index in [0.717, 1.165) is 47.7 Å². The quantitative estimate of drug-likeness (QED) is 0.282. The number of ketones is 1. The molecule has 4 aromatic rings. The van der Waals surface area contributed by atoms with Crippen LogP contribution in [-0.2, 0) is 16.6 Å². The Morgan fingerprint density at radius 1 is 1.20 bits per heavy atom. The lowest BCUT2D eigenvalue weighted by molar-refractivity contribution is 0.0936. The molecule has 1 aromatic carbocycles. The number of aromatic amines is 1. The lowest BCUT2D eigenvalue weighted by Gasteiger charge is -2.28. The summed E-state index contributed by atoms with van der Waals surface area (Å²) in [4.78, 5) is 27.5. The molecule has 11 heteroatoms. The van der Waals surface area contributed by atoms with Crippen molar-refractivity contribution in [3.8, 4) is 17.3 Å². The van der Waals surface area contributed by atoms with Gasteiger partial charge in [0.25, 0.3) is 0 Å². The highest BCUT2D eigenvalue weighted by Gasteiger charge is 2.21. The van der Waals surface area contributed by atoms with E-state index in [1.165, 1.54) is 19.4 Å². The minimum atomic E-state index is -3.51. The van der Waals surface area contributed by atoms with E-state index in [4.69, 9.17) is 0 Å². The third-order valence-corrected chi connectivity index (χ3v) is 8.87. The number of aromatic nitrogens is 3. The van der Waals surface area contributed by atoms with Crippen molar-refractivity contribution < 1.29 is 13.2 Å². The Hall–Kier alpha value is -4.27. The largest absolute Gasteiger partial charge is 0.379 e. The van der Waals surface area contributed by atoms with Gasteiger partial charge >= 0.3 is 0 Å². The Morgan fingerprint density at radius 2 is 1.98 bits per heavy atom. The van der Waals surface area contributed by atoms with Gasteiger partial charge in [-0.2, -0.15) is 5.26 Å². The first kappa shape index (κ1) is 28.3. The van der Waals surface area contributed by atoms with Crippen LogP contribution in [-0.4, -0.2) is 67.5 Å². The lowest BCUT2D eigenvalue weighted by atomic mass is 9.89. The van der Waals surface area contributed by atoms with Gasteiger partial charge in [-0.1, -0.05) is 24.3 Å². The molecule has 10 nitrogen and oxygen atoms in total. The van der Waals surface area contributed by atoms with Gasteiger partial charge in [0.2, 0.25) is 10.0 Å². The predicted octanol–water partition coefficient (Wildman–Crippen LogP) is 4.42. The molecule has 4 heterocycles. The smallest absolute Gasteiger partial charge is 0.233 e. The Bertz CT molecular complexity index is 1730. The fourth-order valence-corrected chi connectivity index (χ4v) is 5.68. The van der Waals surface area contributed by atoms with E-state index in [-0.39, 0.29) is 12.3 Å². The van der Waals surface area contributed by atoms with Crippen molar-refractivity contribution in [1.82, 2.24) is 19.9 Å². The standard InChI is InChI=1S/C30H33N7O3S/c1-36-12-9-20(10-13-36)14-27(38)22-7-4-6-21(15-22)26-16-25-28(24(17-31)19-34-29(25)35-26)33-18-23-8-5-11-32-30(23)37(2)41(3,39)40/h4-8,11,15-16,19-20H,9-10,12-14,18H2,1-3H3,(H2,33,34,35). The minimum Gasteiger partial charge on any atom is -0.379 e. The second kappa shape index (κ2) is 11.7. The number of anilines is 2. The van der Waals surface area contributed by atoms with Crippen LogP contribution in [0.5, 0.6) is 0 Å². The van der Waals surface area contributed by atoms with E-state index in [1.807, 2.05) is 30.3 Å². The molecule has 0 aliphatic carbocycles. The molecule has 0 amide bonds. The van der Waals surface area contributed by atoms with Gasteiger partial charge in [0.1, 0.15) is 17.5 Å². The molecule has 1 fully saturated rings. The number of hydrogen-bond donors (Lipinski definition) is 2. The predicted molar refractivity (Wildman–Crippen MR) is 160 cm³/mol. The zero-order chi connectivity index (χ0) is 29.1. The fourth-order valence-electron chi connectivity index (χ4n) is 5.20. The highest BCUT2D eigenvalue weighted by Crippen LogP contribution is 2.32. The lowest BCUT2D eigenvalue weighted by Crippen LogP contribution is -2.31. The van der Waals surface area contributed by atoms with Crippen molar-refractivity contribution in [3.05, 3.63) is 71.5 Å². The summed E-state index contributed by atoms with van der Waals surface area (Å²) < 4.78 is 25.4. The van der Waals surface area contributed by atoms with E-state index < -0.39 is 10.0 Å². The number of nitrogens with zero attached hydrogens (tertiary/aromatic N) is 5. The maximum absolute atomic E-state index is 13.1. The van der Waals surface area contributed by atoms with Gasteiger partial charge in [-0.05, 0) is 62.7 Å². The number of sulfonamides is 1. The molecule has 3 aromatic heterocycles. The summed E-state index contributed by atoms with van der Waals surface area (Å²) in [5, 5.41) is 13.8. The average molecular weight is 572 g/mol. The van der Waals surface area contributed by atoms with Crippen molar-refractivity contribution in [2.24, 2.45) is 5.92 Å². The Labute approximate surface area is 240 Å². The summed E-state index contributed by atoms with van der Waals surface area (Å²) in [5.74, 6) is 0.870. The number of fused-ring (bicyclic) bond motifs is 1. The van der Waals surface area contributed by atoms with Gasteiger partial charge in [0.15, 0.2) is 5.78 Å². The number of benzene rings is 1. The Morgan fingerprint density at radius 3 is 2.71 bits per heavy atom. The summed E-state index contributed by atoms with van der Waals surface area (Å²) in [7, 11) is 0.0651. The molecule has 0 radical (unpaired) electrons. The zero-order valence-electron chi connectivity index (χ0n) is 23.4. The van der Waals surface area contributed by atoms with Crippen molar-refractivity contribution in [3.63, 3.8) is 0 Å². The highest BCUT2D eigenvalue weighted by molar-refractivity contribution is 7.92. The first-order valence-electron chi connectivity index (χ1n) is 13.5. The number of hydrogen-bond acceptors (Lipinski definition) is 8. The second-order valence-electron chi connectivity index (χ2n) is 10.6. The summed E-state index contributed by atoms with van der Waals surface area (Å²) in [6.07, 6.45) is 6.79. The van der Waals surface area contributed by atoms with Gasteiger partial charge in [-0.3, -0.25) is 9.10 Å². The van der Waals surface area contributed by atoms with Crippen molar-refractivity contribution in [2.45, 2.75) is 25.8 Å². The number of Topliss-reactive ketones (excluding diaryl/α,β-unsaturated/α-hetero) is 1. The third kappa shape index (κ3) is 6.24. The Balaban J connectivity index is 1.42. The second-order valence-corrected chi connectivity index (χ2v) is 12.6. The van der Waals surface area contributed by atoms with Crippen LogP contribution in [0, 0.1) is 17.2 Å². The maximum atomic E-state index is 13.1. The highest BCUT2D eigenvalue weighted by atomic mass is 32.2. The molecule has 0 unspecified atom stereocenters. The monoisotopic (exact) mass is 571 g/mol. The molecule has 1 aliphatic rings. The van der Waals surface area contributed by atoms with Gasteiger partial charge in [0, 0.05) is 54.6 Å². The van der Waals surface area contributed by atoms with Crippen LogP contribution in [0.25, 0.3) is 22.3 Å². The zero-order valence-corrected chi connectivity index (χ0v) is 24.2. The number of likely N-dealkylation sites (tertiary alicyclic amines) is 1. The van der Waals surface area contributed by atoms with Gasteiger partial charge in [0.05, 0.1) is 17.5 Å². The maximum Gasteiger partial charge on any atom is 0.233 e. The van der Waals surface area contributed by atoms with Gasteiger partial charge in [-0.25, -0.2) is 18.4 Å². The molecule has 212 valence electrons. The molecule has 1 aliphatic heterocycles. The van der Waals surface area contributed by atoms with Crippen LogP contribution >= 0.6 is 0 Å². The SMILES string of the molecule is CN1CCC(CC(=O)c2cccc(-c3cc4c(NCc5cccnc5N(C)S(C)(=O)=O)c(C#N)cnc4[nH]3)c2)CC1. The molecule has 41 heavy (non-hydrogen) atoms. The number of piperidine rings is 1. The molecule has 0 spiro atoms. The summed E-state index contributed by atoms with van der Waals surface area (Å²) in [5.41, 5.74) is 4.48. The summed E-state index contributed by atoms with van der Waals surface area (Å²) in [6.45, 7) is 2.29. The number of carbonyl (C=O) groups is 1. The van der Waals surface area contributed by atoms with Crippen LogP contribution in [0.1, 0.15) is 40.7 Å². The normalized spacial score (nSPS) is 14.6. The first-order valence-corrected chi connectivity index (χ1v) is 15.3. The number of pyridine rings is 2. The van der Waals surface area contributed by atoms with Crippen molar-refractivity contribution in [2.75, 3.05) is 43.1 Å². The number of rotatable bonds is 9. The van der Waals surface area contributed by atoms with Crippen molar-refractivity contribution >= 4 is 38.3 Å². The molecule has 0 atom stereocenters. The van der Waals surface area contributed by atoms with Crippen molar-refractivity contribution in [1.29, 1.82) is 5.26 Å².